The van der Waals surface area contributed by atoms with Crippen LogP contribution in [0.4, 0.5) is 0 Å². The van der Waals surface area contributed by atoms with Gasteiger partial charge in [-0.3, -0.25) is 9.59 Å². The van der Waals surface area contributed by atoms with Crippen molar-refractivity contribution < 1.29 is 14.3 Å². The summed E-state index contributed by atoms with van der Waals surface area (Å²) < 4.78 is 12.8. The SMILES string of the molecule is CCC(=O)N1CCC[C@@H](n2c(=O)c3cc(OC)c(OC)cc3c3cnc4[nH]ccc4c32)C1. The smallest absolute Gasteiger partial charge is 0.259 e. The first kappa shape index (κ1) is 20.4. The summed E-state index contributed by atoms with van der Waals surface area (Å²) in [5.74, 6) is 1.18. The zero-order valence-corrected chi connectivity index (χ0v) is 18.5. The number of nitrogens with one attached hydrogen (secondary N) is 1. The number of H-pyrrole nitrogens is 1. The number of hydrogen-bond donors (Lipinski definition) is 1. The summed E-state index contributed by atoms with van der Waals surface area (Å²) in [6.45, 7) is 3.13. The van der Waals surface area contributed by atoms with Crippen LogP contribution in [0.3, 0.4) is 0 Å². The number of methoxy groups -OCH3 is 2. The van der Waals surface area contributed by atoms with E-state index in [4.69, 9.17) is 9.47 Å². The predicted octanol–water partition coefficient (Wildman–Crippen LogP) is 3.62. The van der Waals surface area contributed by atoms with Gasteiger partial charge in [-0.2, -0.15) is 0 Å². The number of fused-ring (bicyclic) bond motifs is 5. The van der Waals surface area contributed by atoms with Crippen molar-refractivity contribution in [2.24, 2.45) is 0 Å². The Morgan fingerprint density at radius 3 is 2.62 bits per heavy atom. The third-order valence-electron chi connectivity index (χ3n) is 6.48. The van der Waals surface area contributed by atoms with E-state index in [0.717, 1.165) is 46.7 Å². The lowest BCUT2D eigenvalue weighted by molar-refractivity contribution is -0.132. The topological polar surface area (TPSA) is 89.5 Å². The number of aromatic amines is 1. The number of carbonyl (C=O) groups excluding carboxylic acids is 1. The van der Waals surface area contributed by atoms with Crippen LogP contribution in [0.15, 0.2) is 35.4 Å². The molecular weight excluding hydrogens is 408 g/mol. The number of likely N-dealkylation sites (tertiary alicyclic amines) is 1. The number of nitrogens with zero attached hydrogens (tertiary/aromatic N) is 3. The van der Waals surface area contributed by atoms with E-state index in [2.05, 4.69) is 9.97 Å². The van der Waals surface area contributed by atoms with E-state index < -0.39 is 0 Å². The van der Waals surface area contributed by atoms with Gasteiger partial charge in [-0.1, -0.05) is 6.92 Å². The fraction of sp³-hybridized carbons (Fsp3) is 0.375. The number of pyridine rings is 2. The Morgan fingerprint density at radius 1 is 1.16 bits per heavy atom. The van der Waals surface area contributed by atoms with Crippen LogP contribution in [0.2, 0.25) is 0 Å². The first-order valence-electron chi connectivity index (χ1n) is 10.9. The van der Waals surface area contributed by atoms with Crippen molar-refractivity contribution in [1.29, 1.82) is 0 Å². The van der Waals surface area contributed by atoms with E-state index in [1.165, 1.54) is 0 Å². The molecule has 4 aromatic rings. The molecule has 4 heterocycles. The molecule has 0 aliphatic carbocycles. The maximum atomic E-state index is 14.0. The second-order valence-electron chi connectivity index (χ2n) is 8.18. The molecule has 5 rings (SSSR count). The molecule has 0 saturated carbocycles. The van der Waals surface area contributed by atoms with E-state index in [-0.39, 0.29) is 17.5 Å². The number of amides is 1. The summed E-state index contributed by atoms with van der Waals surface area (Å²) in [5.41, 5.74) is 1.46. The van der Waals surface area contributed by atoms with Gasteiger partial charge in [-0.15, -0.1) is 0 Å². The second-order valence-corrected chi connectivity index (χ2v) is 8.18. The molecule has 3 aromatic heterocycles. The second kappa shape index (κ2) is 7.85. The normalized spacial score (nSPS) is 16.7. The van der Waals surface area contributed by atoms with Gasteiger partial charge in [-0.25, -0.2) is 4.98 Å². The van der Waals surface area contributed by atoms with Gasteiger partial charge >= 0.3 is 0 Å². The van der Waals surface area contributed by atoms with Crippen molar-refractivity contribution in [2.45, 2.75) is 32.2 Å². The molecular formula is C24H26N4O4. The zero-order chi connectivity index (χ0) is 22.4. The molecule has 1 N–H and O–H groups in total. The van der Waals surface area contributed by atoms with Gasteiger partial charge in [-0.05, 0) is 31.0 Å². The van der Waals surface area contributed by atoms with Crippen LogP contribution < -0.4 is 15.0 Å². The van der Waals surface area contributed by atoms with Crippen LogP contribution in [-0.4, -0.2) is 52.7 Å². The van der Waals surface area contributed by atoms with Crippen molar-refractivity contribution in [3.63, 3.8) is 0 Å². The van der Waals surface area contributed by atoms with E-state index in [0.29, 0.717) is 29.9 Å². The highest BCUT2D eigenvalue weighted by atomic mass is 16.5. The van der Waals surface area contributed by atoms with Gasteiger partial charge < -0.3 is 23.9 Å². The molecule has 8 nitrogen and oxygen atoms in total. The molecule has 1 aliphatic rings. The quantitative estimate of drug-likeness (QED) is 0.496. The highest BCUT2D eigenvalue weighted by molar-refractivity contribution is 6.14. The number of benzene rings is 1. The van der Waals surface area contributed by atoms with E-state index in [1.54, 1.807) is 26.5 Å². The third-order valence-corrected chi connectivity index (χ3v) is 6.48. The summed E-state index contributed by atoms with van der Waals surface area (Å²) in [4.78, 5) is 36.0. The Labute approximate surface area is 184 Å². The molecule has 1 aliphatic heterocycles. The molecule has 32 heavy (non-hydrogen) atoms. The van der Waals surface area contributed by atoms with Crippen molar-refractivity contribution in [2.75, 3.05) is 27.3 Å². The lowest BCUT2D eigenvalue weighted by atomic mass is 10.0. The molecule has 1 fully saturated rings. The summed E-state index contributed by atoms with van der Waals surface area (Å²) in [5, 5.41) is 3.07. The number of rotatable bonds is 4. The fourth-order valence-corrected chi connectivity index (χ4v) is 4.92. The summed E-state index contributed by atoms with van der Waals surface area (Å²) >= 11 is 0. The largest absolute Gasteiger partial charge is 0.493 e. The number of ether oxygens (including phenoxy) is 2. The van der Waals surface area contributed by atoms with Crippen LogP contribution in [0.5, 0.6) is 11.5 Å². The van der Waals surface area contributed by atoms with Gasteiger partial charge in [0.05, 0.1) is 31.2 Å². The maximum absolute atomic E-state index is 14.0. The Kier molecular flexibility index (Phi) is 5.00. The van der Waals surface area contributed by atoms with Crippen LogP contribution in [0.25, 0.3) is 32.7 Å². The molecule has 1 saturated heterocycles. The monoisotopic (exact) mass is 434 g/mol. The number of hydrogen-bond acceptors (Lipinski definition) is 5. The maximum Gasteiger partial charge on any atom is 0.259 e. The summed E-state index contributed by atoms with van der Waals surface area (Å²) in [6.07, 6.45) is 5.78. The Balaban J connectivity index is 1.86. The number of piperidine rings is 1. The minimum absolute atomic E-state index is 0.0991. The van der Waals surface area contributed by atoms with Crippen molar-refractivity contribution >= 4 is 38.6 Å². The van der Waals surface area contributed by atoms with Gasteiger partial charge in [0.25, 0.3) is 5.56 Å². The first-order chi connectivity index (χ1) is 15.6. The highest BCUT2D eigenvalue weighted by Crippen LogP contribution is 2.37. The van der Waals surface area contributed by atoms with E-state index >= 15 is 0 Å². The highest BCUT2D eigenvalue weighted by Gasteiger charge is 2.28. The minimum Gasteiger partial charge on any atom is -0.493 e. The van der Waals surface area contributed by atoms with Gasteiger partial charge in [0.1, 0.15) is 5.65 Å². The molecule has 0 unspecified atom stereocenters. The lowest BCUT2D eigenvalue weighted by Crippen LogP contribution is -2.42. The fourth-order valence-electron chi connectivity index (χ4n) is 4.92. The average Bonchev–Trinajstić information content (AvgIpc) is 3.32. The van der Waals surface area contributed by atoms with Crippen LogP contribution in [0.1, 0.15) is 32.2 Å². The molecule has 166 valence electrons. The van der Waals surface area contributed by atoms with Crippen LogP contribution in [0, 0.1) is 0 Å². The summed E-state index contributed by atoms with van der Waals surface area (Å²) in [7, 11) is 3.14. The molecule has 1 amide bonds. The molecule has 0 bridgehead atoms. The van der Waals surface area contributed by atoms with Crippen molar-refractivity contribution in [3.05, 3.63) is 40.9 Å². The van der Waals surface area contributed by atoms with E-state index in [9.17, 15) is 9.59 Å². The molecule has 8 heteroatoms. The molecule has 0 spiro atoms. The number of aromatic nitrogens is 3. The Morgan fingerprint density at radius 2 is 1.91 bits per heavy atom. The molecule has 0 radical (unpaired) electrons. The van der Waals surface area contributed by atoms with Gasteiger partial charge in [0.15, 0.2) is 11.5 Å². The van der Waals surface area contributed by atoms with Gasteiger partial charge in [0.2, 0.25) is 5.91 Å². The van der Waals surface area contributed by atoms with Crippen LogP contribution in [-0.2, 0) is 4.79 Å². The zero-order valence-electron chi connectivity index (χ0n) is 18.5. The third kappa shape index (κ3) is 3.01. The molecule has 1 aromatic carbocycles. The van der Waals surface area contributed by atoms with Crippen molar-refractivity contribution in [3.8, 4) is 11.5 Å². The Bertz CT molecular complexity index is 1400. The predicted molar refractivity (Wildman–Crippen MR) is 124 cm³/mol. The first-order valence-corrected chi connectivity index (χ1v) is 10.9. The van der Waals surface area contributed by atoms with E-state index in [1.807, 2.05) is 34.7 Å². The average molecular weight is 434 g/mol. The minimum atomic E-state index is -0.118. The number of carbonyl (C=O) groups is 1. The standard InChI is InChI=1S/C24H26N4O4/c1-4-21(29)27-9-5-6-14(13-27)28-22-15-7-8-25-23(15)26-12-18(22)16-10-19(31-2)20(32-3)11-17(16)24(28)30/h7-8,10-12,14H,4-6,9,13H2,1-3H3,(H,25,26)/t14-/m1/s1. The Hall–Kier alpha value is -3.55. The lowest BCUT2D eigenvalue weighted by Gasteiger charge is -2.34. The van der Waals surface area contributed by atoms with Crippen molar-refractivity contribution in [1.82, 2.24) is 19.4 Å². The summed E-state index contributed by atoms with van der Waals surface area (Å²) in [6, 6.07) is 5.42. The van der Waals surface area contributed by atoms with Crippen LogP contribution >= 0.6 is 0 Å². The van der Waals surface area contributed by atoms with Gasteiger partial charge in [0, 0.05) is 48.1 Å². The molecule has 1 atom stereocenters.